The fraction of sp³-hybridized carbons (Fsp3) is 0.222. The van der Waals surface area contributed by atoms with Gasteiger partial charge in [-0.25, -0.2) is 0 Å². The standard InChI is InChI=1S/C18H18O/c1-19-13-15-11-12-17(14-7-3-2-4-8-14)18-10-6-5-9-16(15)18/h2-12,15,17H,13H2,1H3/t15-,17+/m0/s1. The second-order valence-electron chi connectivity index (χ2n) is 4.96. The van der Waals surface area contributed by atoms with Crippen LogP contribution in [0.1, 0.15) is 28.5 Å². The molecule has 0 aromatic heterocycles. The van der Waals surface area contributed by atoms with Crippen LogP contribution < -0.4 is 0 Å². The van der Waals surface area contributed by atoms with Crippen molar-refractivity contribution >= 4 is 0 Å². The molecule has 0 unspecified atom stereocenters. The highest BCUT2D eigenvalue weighted by Crippen LogP contribution is 2.37. The summed E-state index contributed by atoms with van der Waals surface area (Å²) >= 11 is 0. The van der Waals surface area contributed by atoms with Gasteiger partial charge in [0.2, 0.25) is 0 Å². The molecule has 3 rings (SSSR count). The number of allylic oxidation sites excluding steroid dienone is 1. The van der Waals surface area contributed by atoms with Gasteiger partial charge in [-0.3, -0.25) is 0 Å². The lowest BCUT2D eigenvalue weighted by atomic mass is 9.79. The summed E-state index contributed by atoms with van der Waals surface area (Å²) in [6.45, 7) is 0.745. The predicted octanol–water partition coefficient (Wildman–Crippen LogP) is 4.12. The highest BCUT2D eigenvalue weighted by atomic mass is 16.5. The Morgan fingerprint density at radius 3 is 2.26 bits per heavy atom. The molecule has 0 bridgehead atoms. The molecule has 2 aromatic rings. The molecule has 0 saturated heterocycles. The van der Waals surface area contributed by atoms with E-state index in [-0.39, 0.29) is 0 Å². The maximum atomic E-state index is 5.33. The largest absolute Gasteiger partial charge is 0.384 e. The first-order valence-corrected chi connectivity index (χ1v) is 6.71. The molecule has 1 nitrogen and oxygen atoms in total. The van der Waals surface area contributed by atoms with Gasteiger partial charge in [-0.2, -0.15) is 0 Å². The van der Waals surface area contributed by atoms with E-state index in [1.54, 1.807) is 7.11 Å². The highest BCUT2D eigenvalue weighted by Gasteiger charge is 2.23. The monoisotopic (exact) mass is 250 g/mol. The molecule has 0 saturated carbocycles. The Hall–Kier alpha value is -1.86. The summed E-state index contributed by atoms with van der Waals surface area (Å²) in [6.07, 6.45) is 4.59. The van der Waals surface area contributed by atoms with Crippen molar-refractivity contribution in [3.05, 3.63) is 83.4 Å². The van der Waals surface area contributed by atoms with Crippen LogP contribution in [0.4, 0.5) is 0 Å². The van der Waals surface area contributed by atoms with Crippen LogP contribution in [0, 0.1) is 0 Å². The van der Waals surface area contributed by atoms with Gasteiger partial charge in [-0.1, -0.05) is 66.7 Å². The second kappa shape index (κ2) is 5.41. The zero-order valence-corrected chi connectivity index (χ0v) is 11.1. The molecule has 1 aliphatic rings. The Labute approximate surface area is 114 Å². The number of ether oxygens (including phenoxy) is 1. The van der Waals surface area contributed by atoms with Crippen LogP contribution in [0.2, 0.25) is 0 Å². The zero-order valence-electron chi connectivity index (χ0n) is 11.1. The number of rotatable bonds is 3. The first-order valence-electron chi connectivity index (χ1n) is 6.71. The maximum absolute atomic E-state index is 5.33. The van der Waals surface area contributed by atoms with Gasteiger partial charge < -0.3 is 4.74 Å². The van der Waals surface area contributed by atoms with E-state index in [0.717, 1.165) is 6.61 Å². The van der Waals surface area contributed by atoms with Crippen molar-refractivity contribution in [2.75, 3.05) is 13.7 Å². The molecule has 1 heteroatoms. The number of hydrogen-bond acceptors (Lipinski definition) is 1. The molecular formula is C18H18O. The summed E-state index contributed by atoms with van der Waals surface area (Å²) in [5, 5.41) is 0. The highest BCUT2D eigenvalue weighted by molar-refractivity contribution is 5.47. The summed E-state index contributed by atoms with van der Waals surface area (Å²) in [7, 11) is 1.76. The summed E-state index contributed by atoms with van der Waals surface area (Å²) in [5.74, 6) is 0.742. The Bertz CT molecular complexity index is 571. The normalized spacial score (nSPS) is 21.1. The van der Waals surface area contributed by atoms with Crippen molar-refractivity contribution in [3.8, 4) is 0 Å². The molecule has 0 spiro atoms. The molecule has 0 N–H and O–H groups in total. The van der Waals surface area contributed by atoms with E-state index >= 15 is 0 Å². The minimum Gasteiger partial charge on any atom is -0.384 e. The summed E-state index contributed by atoms with van der Waals surface area (Å²) in [5.41, 5.74) is 4.14. The summed E-state index contributed by atoms with van der Waals surface area (Å²) in [6, 6.07) is 19.4. The Morgan fingerprint density at radius 2 is 1.53 bits per heavy atom. The molecule has 0 radical (unpaired) electrons. The Balaban J connectivity index is 2.03. The van der Waals surface area contributed by atoms with Gasteiger partial charge >= 0.3 is 0 Å². The smallest absolute Gasteiger partial charge is 0.0565 e. The van der Waals surface area contributed by atoms with E-state index in [1.807, 2.05) is 0 Å². The molecule has 0 amide bonds. The van der Waals surface area contributed by atoms with Gasteiger partial charge in [0.1, 0.15) is 0 Å². The lowest BCUT2D eigenvalue weighted by Gasteiger charge is -2.26. The first kappa shape index (κ1) is 12.2. The van der Waals surface area contributed by atoms with Gasteiger partial charge in [0.15, 0.2) is 0 Å². The third kappa shape index (κ3) is 2.34. The third-order valence-corrected chi connectivity index (χ3v) is 3.77. The fourth-order valence-electron chi connectivity index (χ4n) is 2.86. The van der Waals surface area contributed by atoms with Crippen molar-refractivity contribution in [2.24, 2.45) is 0 Å². The average molecular weight is 250 g/mol. The van der Waals surface area contributed by atoms with Crippen LogP contribution in [-0.4, -0.2) is 13.7 Å². The lowest BCUT2D eigenvalue weighted by molar-refractivity contribution is 0.190. The fourth-order valence-corrected chi connectivity index (χ4v) is 2.86. The predicted molar refractivity (Wildman–Crippen MR) is 78.5 cm³/mol. The molecule has 1 aliphatic carbocycles. The van der Waals surface area contributed by atoms with Gasteiger partial charge in [0, 0.05) is 18.9 Å². The van der Waals surface area contributed by atoms with Crippen LogP contribution >= 0.6 is 0 Å². The Morgan fingerprint density at radius 1 is 0.842 bits per heavy atom. The zero-order chi connectivity index (χ0) is 13.1. The molecule has 0 heterocycles. The van der Waals surface area contributed by atoms with Gasteiger partial charge in [0.05, 0.1) is 6.61 Å². The minimum atomic E-state index is 0.366. The SMILES string of the molecule is COC[C@@H]1C=C[C@H](c2ccccc2)c2ccccc21. The van der Waals surface area contributed by atoms with Crippen molar-refractivity contribution in [1.82, 2.24) is 0 Å². The van der Waals surface area contributed by atoms with E-state index in [4.69, 9.17) is 4.74 Å². The van der Waals surface area contributed by atoms with Crippen LogP contribution in [0.5, 0.6) is 0 Å². The Kier molecular flexibility index (Phi) is 3.47. The van der Waals surface area contributed by atoms with Gasteiger partial charge in [0.25, 0.3) is 0 Å². The maximum Gasteiger partial charge on any atom is 0.0565 e. The van der Waals surface area contributed by atoms with Crippen molar-refractivity contribution in [1.29, 1.82) is 0 Å². The number of fused-ring (bicyclic) bond motifs is 1. The quantitative estimate of drug-likeness (QED) is 0.745. The van der Waals surface area contributed by atoms with Crippen molar-refractivity contribution in [3.63, 3.8) is 0 Å². The van der Waals surface area contributed by atoms with Crippen LogP contribution in [0.3, 0.4) is 0 Å². The molecule has 0 fully saturated rings. The summed E-state index contributed by atoms with van der Waals surface area (Å²) in [4.78, 5) is 0. The van der Waals surface area contributed by atoms with Crippen LogP contribution in [0.25, 0.3) is 0 Å². The molecule has 0 aliphatic heterocycles. The molecule has 2 aromatic carbocycles. The van der Waals surface area contributed by atoms with E-state index in [2.05, 4.69) is 66.7 Å². The van der Waals surface area contributed by atoms with Crippen LogP contribution in [-0.2, 0) is 4.74 Å². The van der Waals surface area contributed by atoms with E-state index in [9.17, 15) is 0 Å². The van der Waals surface area contributed by atoms with E-state index < -0.39 is 0 Å². The molecule has 96 valence electrons. The van der Waals surface area contributed by atoms with Crippen LogP contribution in [0.15, 0.2) is 66.7 Å². The minimum absolute atomic E-state index is 0.366. The number of benzene rings is 2. The van der Waals surface area contributed by atoms with E-state index in [0.29, 0.717) is 11.8 Å². The van der Waals surface area contributed by atoms with Crippen molar-refractivity contribution in [2.45, 2.75) is 11.8 Å². The third-order valence-electron chi connectivity index (χ3n) is 3.77. The number of hydrogen-bond donors (Lipinski definition) is 0. The molecule has 2 atom stereocenters. The molecule has 19 heavy (non-hydrogen) atoms. The molecular weight excluding hydrogens is 232 g/mol. The summed E-state index contributed by atoms with van der Waals surface area (Å²) < 4.78 is 5.33. The van der Waals surface area contributed by atoms with Gasteiger partial charge in [-0.05, 0) is 16.7 Å². The van der Waals surface area contributed by atoms with Gasteiger partial charge in [-0.15, -0.1) is 0 Å². The topological polar surface area (TPSA) is 9.23 Å². The second-order valence-corrected chi connectivity index (χ2v) is 4.96. The lowest BCUT2D eigenvalue weighted by Crippen LogP contribution is -2.14. The average Bonchev–Trinajstić information content (AvgIpc) is 2.49. The number of methoxy groups -OCH3 is 1. The van der Waals surface area contributed by atoms with Crippen molar-refractivity contribution < 1.29 is 4.74 Å². The van der Waals surface area contributed by atoms with E-state index in [1.165, 1.54) is 16.7 Å². The first-order chi connectivity index (χ1) is 9.40.